The number of hydrogen-bond acceptors (Lipinski definition) is 10. The number of nitrogens with zero attached hydrogens (tertiary/aromatic N) is 3. The Balaban J connectivity index is 1.84. The molecule has 1 amide bonds. The molecule has 13 heteroatoms. The summed E-state index contributed by atoms with van der Waals surface area (Å²) in [6.07, 6.45) is 2.74. The second-order valence-electron chi connectivity index (χ2n) is 7.39. The maximum atomic E-state index is 12.7. The van der Waals surface area contributed by atoms with Crippen LogP contribution in [0.3, 0.4) is 0 Å². The maximum absolute atomic E-state index is 12.7. The predicted molar refractivity (Wildman–Crippen MR) is 127 cm³/mol. The zero-order valence-electron chi connectivity index (χ0n) is 19.4. The van der Waals surface area contributed by atoms with Crippen molar-refractivity contribution in [3.63, 3.8) is 0 Å². The van der Waals surface area contributed by atoms with E-state index in [2.05, 4.69) is 5.32 Å². The number of esters is 1. The van der Waals surface area contributed by atoms with Gasteiger partial charge in [-0.1, -0.05) is 6.07 Å². The van der Waals surface area contributed by atoms with Gasteiger partial charge in [-0.25, -0.2) is 4.79 Å². The van der Waals surface area contributed by atoms with Crippen LogP contribution >= 0.6 is 0 Å². The Labute approximate surface area is 208 Å². The Morgan fingerprint density at radius 3 is 2.32 bits per heavy atom. The van der Waals surface area contributed by atoms with Gasteiger partial charge in [-0.2, -0.15) is 5.26 Å². The summed E-state index contributed by atoms with van der Waals surface area (Å²) >= 11 is 0. The van der Waals surface area contributed by atoms with Crippen LogP contribution in [0.2, 0.25) is 0 Å². The lowest BCUT2D eigenvalue weighted by atomic mass is 10.1. The van der Waals surface area contributed by atoms with Crippen molar-refractivity contribution in [1.82, 2.24) is 5.32 Å². The van der Waals surface area contributed by atoms with E-state index in [1.807, 2.05) is 0 Å². The lowest BCUT2D eigenvalue weighted by molar-refractivity contribution is -0.395. The van der Waals surface area contributed by atoms with E-state index in [0.29, 0.717) is 11.3 Å². The monoisotopic (exact) mass is 506 g/mol. The van der Waals surface area contributed by atoms with Gasteiger partial charge >= 0.3 is 5.97 Å². The van der Waals surface area contributed by atoms with Gasteiger partial charge in [-0.3, -0.25) is 25.0 Å². The molecule has 0 aliphatic heterocycles. The highest BCUT2D eigenvalue weighted by Gasteiger charge is 2.26. The van der Waals surface area contributed by atoms with Gasteiger partial charge in [0.15, 0.2) is 11.5 Å². The smallest absolute Gasteiger partial charge is 0.344 e. The van der Waals surface area contributed by atoms with Gasteiger partial charge in [0.25, 0.3) is 17.3 Å². The van der Waals surface area contributed by atoms with E-state index < -0.39 is 38.7 Å². The third-order valence-electron chi connectivity index (χ3n) is 5.05. The van der Waals surface area contributed by atoms with Crippen molar-refractivity contribution in [2.75, 3.05) is 7.11 Å². The van der Waals surface area contributed by atoms with Crippen LogP contribution < -0.4 is 14.8 Å². The number of hydrogen-bond donors (Lipinski definition) is 1. The molecule has 1 aromatic heterocycles. The Morgan fingerprint density at radius 2 is 1.78 bits per heavy atom. The molecule has 3 rings (SSSR count). The largest absolute Gasteiger partial charge is 0.493 e. The van der Waals surface area contributed by atoms with Crippen LogP contribution in [0.15, 0.2) is 58.7 Å². The fourth-order valence-corrected chi connectivity index (χ4v) is 3.19. The molecule has 0 atom stereocenters. The number of nitro groups is 2. The summed E-state index contributed by atoms with van der Waals surface area (Å²) in [7, 11) is 1.28. The number of nitrogens with one attached hydrogen (secondary N) is 1. The average Bonchev–Trinajstić information content (AvgIpc) is 3.40. The zero-order valence-corrected chi connectivity index (χ0v) is 19.4. The second-order valence-corrected chi connectivity index (χ2v) is 7.39. The molecule has 0 fully saturated rings. The summed E-state index contributed by atoms with van der Waals surface area (Å²) in [4.78, 5) is 45.9. The van der Waals surface area contributed by atoms with Crippen molar-refractivity contribution in [1.29, 1.82) is 5.26 Å². The Hall–Kier alpha value is -5.51. The molecule has 0 radical (unpaired) electrons. The van der Waals surface area contributed by atoms with E-state index in [4.69, 9.17) is 13.9 Å². The molecule has 13 nitrogen and oxygen atoms in total. The van der Waals surface area contributed by atoms with E-state index in [1.54, 1.807) is 18.2 Å². The van der Waals surface area contributed by atoms with Gasteiger partial charge < -0.3 is 19.2 Å². The number of benzene rings is 2. The van der Waals surface area contributed by atoms with Crippen molar-refractivity contribution in [3.05, 3.63) is 97.0 Å². The van der Waals surface area contributed by atoms with Crippen molar-refractivity contribution < 1.29 is 33.3 Å². The van der Waals surface area contributed by atoms with Gasteiger partial charge in [-0.15, -0.1) is 0 Å². The fourth-order valence-electron chi connectivity index (χ4n) is 3.19. The number of nitro benzene ring substituents is 2. The number of carbonyl (C=O) groups excluding carboxylic acids is 2. The third kappa shape index (κ3) is 6.14. The van der Waals surface area contributed by atoms with Crippen molar-refractivity contribution in [2.24, 2.45) is 0 Å². The van der Waals surface area contributed by atoms with E-state index in [0.717, 1.165) is 12.1 Å². The van der Waals surface area contributed by atoms with Crippen molar-refractivity contribution in [3.8, 4) is 17.6 Å². The zero-order chi connectivity index (χ0) is 27.1. The SMILES string of the molecule is COc1cc(/C=C(\C#N)C(=O)NCc2ccco2)ccc1OC(=O)c1cc([N+](=O)[O-])c(C)c([N+](=O)[O-])c1. The number of ether oxygens (including phenoxy) is 2. The Kier molecular flexibility index (Phi) is 7.96. The molecule has 0 spiro atoms. The van der Waals surface area contributed by atoms with Crippen LogP contribution in [0.1, 0.15) is 27.2 Å². The summed E-state index contributed by atoms with van der Waals surface area (Å²) < 4.78 is 15.6. The number of furan rings is 1. The molecule has 3 aromatic rings. The van der Waals surface area contributed by atoms with Gasteiger partial charge in [0, 0.05) is 12.1 Å². The number of methoxy groups -OCH3 is 1. The van der Waals surface area contributed by atoms with Gasteiger partial charge in [0.1, 0.15) is 23.0 Å². The first-order chi connectivity index (χ1) is 17.6. The molecule has 2 aromatic carbocycles. The quantitative estimate of drug-likeness (QED) is 0.111. The topological polar surface area (TPSA) is 188 Å². The highest BCUT2D eigenvalue weighted by Crippen LogP contribution is 2.32. The number of carbonyl (C=O) groups is 2. The van der Waals surface area contributed by atoms with E-state index in [9.17, 15) is 35.1 Å². The lowest BCUT2D eigenvalue weighted by Gasteiger charge is -2.11. The molecular weight excluding hydrogens is 488 g/mol. The molecule has 188 valence electrons. The average molecular weight is 506 g/mol. The summed E-state index contributed by atoms with van der Waals surface area (Å²) in [5.74, 6) is -1.30. The minimum absolute atomic E-state index is 0.0338. The molecule has 0 saturated heterocycles. The first-order valence-electron chi connectivity index (χ1n) is 10.4. The van der Waals surface area contributed by atoms with Crippen molar-refractivity contribution >= 4 is 29.3 Å². The Morgan fingerprint density at radius 1 is 1.11 bits per heavy atom. The number of nitriles is 1. The van der Waals surface area contributed by atoms with Gasteiger partial charge in [0.05, 0.1) is 35.3 Å². The van der Waals surface area contributed by atoms with Gasteiger partial charge in [-0.05, 0) is 42.8 Å². The van der Waals surface area contributed by atoms with Crippen LogP contribution in [0.5, 0.6) is 11.5 Å². The van der Waals surface area contributed by atoms with E-state index in [1.165, 1.54) is 44.6 Å². The summed E-state index contributed by atoms with van der Waals surface area (Å²) in [5, 5.41) is 34.5. The summed E-state index contributed by atoms with van der Waals surface area (Å²) in [5.41, 5.74) is -1.68. The number of amides is 1. The fraction of sp³-hybridized carbons (Fsp3) is 0.125. The normalized spacial score (nSPS) is 10.8. The second kappa shape index (κ2) is 11.3. The van der Waals surface area contributed by atoms with Crippen molar-refractivity contribution in [2.45, 2.75) is 13.5 Å². The highest BCUT2D eigenvalue weighted by molar-refractivity contribution is 6.01. The summed E-state index contributed by atoms with van der Waals surface area (Å²) in [6, 6.07) is 11.0. The number of rotatable bonds is 9. The third-order valence-corrected chi connectivity index (χ3v) is 5.05. The lowest BCUT2D eigenvalue weighted by Crippen LogP contribution is -2.23. The molecular formula is C24H18N4O9. The molecule has 0 bridgehead atoms. The van der Waals surface area contributed by atoms with Crippen LogP contribution in [-0.2, 0) is 11.3 Å². The first-order valence-corrected chi connectivity index (χ1v) is 10.4. The van der Waals surface area contributed by atoms with Crippen LogP contribution in [0.4, 0.5) is 11.4 Å². The molecule has 1 heterocycles. The first kappa shape index (κ1) is 26.1. The molecule has 0 aliphatic rings. The van der Waals surface area contributed by atoms with Crippen LogP contribution in [-0.4, -0.2) is 28.8 Å². The summed E-state index contributed by atoms with van der Waals surface area (Å²) in [6.45, 7) is 1.28. The molecule has 0 saturated carbocycles. The van der Waals surface area contributed by atoms with Gasteiger partial charge in [0.2, 0.25) is 0 Å². The Bertz CT molecular complexity index is 1420. The standard InChI is InChI=1S/C24H18N4O9/c1-14-19(27(31)32)10-16(11-20(14)28(33)34)24(30)37-21-6-5-15(9-22(21)35-2)8-17(12-25)23(29)26-13-18-4-3-7-36-18/h3-11H,13H2,1-2H3,(H,26,29)/b17-8+. The molecule has 0 unspecified atom stereocenters. The van der Waals surface area contributed by atoms with Crippen LogP contribution in [0, 0.1) is 38.5 Å². The minimum Gasteiger partial charge on any atom is -0.493 e. The minimum atomic E-state index is -1.09. The highest BCUT2D eigenvalue weighted by atomic mass is 16.6. The van der Waals surface area contributed by atoms with E-state index in [-0.39, 0.29) is 29.2 Å². The van der Waals surface area contributed by atoms with E-state index >= 15 is 0 Å². The molecule has 37 heavy (non-hydrogen) atoms. The molecule has 0 aliphatic carbocycles. The predicted octanol–water partition coefficient (Wildman–Crippen LogP) is 3.86. The van der Waals surface area contributed by atoms with Crippen LogP contribution in [0.25, 0.3) is 6.08 Å². The maximum Gasteiger partial charge on any atom is 0.344 e. The molecule has 1 N–H and O–H groups in total.